The molecule has 0 aliphatic carbocycles. The molecule has 0 aliphatic rings. The molecule has 0 amide bonds. The summed E-state index contributed by atoms with van der Waals surface area (Å²) in [6.07, 6.45) is 2.88. The Hall–Kier alpha value is -1.41. The number of carboxylic acids is 1. The largest absolute Gasteiger partial charge is 0.550 e. The van der Waals surface area contributed by atoms with Crippen LogP contribution in [0.15, 0.2) is 6.20 Å². The first-order chi connectivity index (χ1) is 14.0. The number of aliphatic carboxylic acids is 1. The van der Waals surface area contributed by atoms with Crippen molar-refractivity contribution in [3.05, 3.63) is 11.9 Å². The van der Waals surface area contributed by atoms with Crippen molar-refractivity contribution in [2.24, 2.45) is 0 Å². The topological polar surface area (TPSA) is 129 Å². The molecule has 0 atom stereocenters. The first kappa shape index (κ1) is 25.6. The molecule has 0 saturated heterocycles. The minimum atomic E-state index is -2.47. The van der Waals surface area contributed by atoms with Gasteiger partial charge in [-0.05, 0) is 25.8 Å². The third-order valence-electron chi connectivity index (χ3n) is 4.20. The number of carbonyl (C=O) groups is 1. The van der Waals surface area contributed by atoms with E-state index in [-0.39, 0.29) is 6.42 Å². The lowest BCUT2D eigenvalue weighted by Crippen LogP contribution is -2.43. The molecule has 1 heterocycles. The maximum absolute atomic E-state index is 10.4. The van der Waals surface area contributed by atoms with Gasteiger partial charge < -0.3 is 38.0 Å². The van der Waals surface area contributed by atoms with E-state index in [1.165, 1.54) is 0 Å². The fraction of sp³-hybridized carbons (Fsp3) is 0.824. The quantitative estimate of drug-likeness (QED) is 0.211. The summed E-state index contributed by atoms with van der Waals surface area (Å²) in [6.45, 7) is 4.25. The number of nitrogens with zero attached hydrogens (tertiary/aromatic N) is 3. The van der Waals surface area contributed by atoms with Crippen molar-refractivity contribution in [2.75, 3.05) is 60.8 Å². The van der Waals surface area contributed by atoms with Gasteiger partial charge >= 0.3 is 8.80 Å². The first-order valence-electron chi connectivity index (χ1n) is 9.65. The second-order valence-corrected chi connectivity index (χ2v) is 9.31. The minimum Gasteiger partial charge on any atom is -0.550 e. The summed E-state index contributed by atoms with van der Waals surface area (Å²) >= 11 is 0. The van der Waals surface area contributed by atoms with E-state index in [1.807, 2.05) is 0 Å². The normalized spacial score (nSPS) is 11.8. The van der Waals surface area contributed by atoms with Crippen LogP contribution in [-0.2, 0) is 40.5 Å². The van der Waals surface area contributed by atoms with E-state index < -0.39 is 14.8 Å². The Bertz CT molecular complexity index is 549. The SMILES string of the molecule is CO[Si](CCCNCCOCCOCCn1cc(CCC(=O)[O-])nn1)(OC)OC. The maximum Gasteiger partial charge on any atom is 0.500 e. The smallest absolute Gasteiger partial charge is 0.500 e. The van der Waals surface area contributed by atoms with Crippen LogP contribution in [0.2, 0.25) is 6.04 Å². The lowest BCUT2D eigenvalue weighted by molar-refractivity contribution is -0.305. The summed E-state index contributed by atoms with van der Waals surface area (Å²) in [5, 5.41) is 21.5. The van der Waals surface area contributed by atoms with Crippen LogP contribution < -0.4 is 10.4 Å². The third kappa shape index (κ3) is 11.4. The van der Waals surface area contributed by atoms with Crippen LogP contribution in [0.25, 0.3) is 0 Å². The van der Waals surface area contributed by atoms with E-state index >= 15 is 0 Å². The van der Waals surface area contributed by atoms with Gasteiger partial charge in [-0.2, -0.15) is 0 Å². The van der Waals surface area contributed by atoms with Crippen LogP contribution in [0.1, 0.15) is 18.5 Å². The molecule has 1 rings (SSSR count). The highest BCUT2D eigenvalue weighted by molar-refractivity contribution is 6.60. The summed E-state index contributed by atoms with van der Waals surface area (Å²) in [5.41, 5.74) is 0.629. The number of aromatic nitrogens is 3. The number of ether oxygens (including phenoxy) is 2. The zero-order valence-electron chi connectivity index (χ0n) is 17.6. The molecule has 0 aromatic carbocycles. The van der Waals surface area contributed by atoms with Crippen molar-refractivity contribution in [3.63, 3.8) is 0 Å². The van der Waals surface area contributed by atoms with Crippen molar-refractivity contribution in [1.82, 2.24) is 20.3 Å². The van der Waals surface area contributed by atoms with E-state index in [0.717, 1.165) is 25.6 Å². The fourth-order valence-corrected chi connectivity index (χ4v) is 4.25. The van der Waals surface area contributed by atoms with Crippen molar-refractivity contribution in [1.29, 1.82) is 0 Å². The molecule has 1 aromatic rings. The number of nitrogens with one attached hydrogen (secondary N) is 1. The molecule has 29 heavy (non-hydrogen) atoms. The van der Waals surface area contributed by atoms with Gasteiger partial charge in [-0.3, -0.25) is 0 Å². The molecule has 1 N–H and O–H groups in total. The number of hydrogen-bond donors (Lipinski definition) is 1. The Kier molecular flexibility index (Phi) is 13.6. The predicted octanol–water partition coefficient (Wildman–Crippen LogP) is -1.15. The van der Waals surface area contributed by atoms with Crippen molar-refractivity contribution < 1.29 is 32.7 Å². The van der Waals surface area contributed by atoms with Crippen LogP contribution >= 0.6 is 0 Å². The molecule has 0 fully saturated rings. The molecule has 0 aliphatic heterocycles. The molecule has 0 radical (unpaired) electrons. The highest BCUT2D eigenvalue weighted by Crippen LogP contribution is 2.14. The molecule has 0 saturated carbocycles. The Labute approximate surface area is 173 Å². The Morgan fingerprint density at radius 3 is 2.45 bits per heavy atom. The van der Waals surface area contributed by atoms with Crippen molar-refractivity contribution in [3.8, 4) is 0 Å². The summed E-state index contributed by atoms with van der Waals surface area (Å²) in [6, 6.07) is 0.766. The molecule has 11 nitrogen and oxygen atoms in total. The second-order valence-electron chi connectivity index (χ2n) is 6.22. The van der Waals surface area contributed by atoms with Gasteiger partial charge in [0.1, 0.15) is 0 Å². The summed E-state index contributed by atoms with van der Waals surface area (Å²) in [7, 11) is 2.38. The molecule has 0 unspecified atom stereocenters. The number of carbonyl (C=O) groups excluding carboxylic acids is 1. The van der Waals surface area contributed by atoms with Crippen molar-refractivity contribution in [2.45, 2.75) is 31.9 Å². The highest BCUT2D eigenvalue weighted by atomic mass is 28.4. The molecule has 12 heteroatoms. The zero-order chi connectivity index (χ0) is 21.4. The zero-order valence-corrected chi connectivity index (χ0v) is 18.6. The molecule has 0 bridgehead atoms. The lowest BCUT2D eigenvalue weighted by atomic mass is 10.2. The number of hydrogen-bond acceptors (Lipinski definition) is 10. The van der Waals surface area contributed by atoms with E-state index in [1.54, 1.807) is 32.2 Å². The van der Waals surface area contributed by atoms with Crippen LogP contribution in [0.3, 0.4) is 0 Å². The third-order valence-corrected chi connectivity index (χ3v) is 7.03. The Morgan fingerprint density at radius 1 is 1.10 bits per heavy atom. The molecule has 0 spiro atoms. The predicted molar refractivity (Wildman–Crippen MR) is 104 cm³/mol. The summed E-state index contributed by atoms with van der Waals surface area (Å²) in [4.78, 5) is 10.4. The van der Waals surface area contributed by atoms with Gasteiger partial charge in [0.15, 0.2) is 0 Å². The van der Waals surface area contributed by atoms with Gasteiger partial charge in [-0.25, -0.2) is 4.68 Å². The standard InChI is InChI=1S/C17H34N4O7Si/c1-24-29(25-2,26-3)14-4-7-18-8-10-27-12-13-28-11-9-21-15-16(19-20-21)5-6-17(22)23/h15,18H,4-14H2,1-3H3,(H,22,23)/p-1. The maximum atomic E-state index is 10.4. The van der Waals surface area contributed by atoms with E-state index in [9.17, 15) is 9.90 Å². The first-order valence-corrected chi connectivity index (χ1v) is 11.6. The second kappa shape index (κ2) is 15.4. The highest BCUT2D eigenvalue weighted by Gasteiger charge is 2.36. The lowest BCUT2D eigenvalue weighted by Gasteiger charge is -2.24. The van der Waals surface area contributed by atoms with Crippen molar-refractivity contribution >= 4 is 14.8 Å². The Balaban J connectivity index is 1.92. The van der Waals surface area contributed by atoms with Crippen LogP contribution in [0.5, 0.6) is 0 Å². The van der Waals surface area contributed by atoms with Gasteiger partial charge in [-0.15, -0.1) is 5.10 Å². The van der Waals surface area contributed by atoms with Gasteiger partial charge in [0, 0.05) is 46.1 Å². The summed E-state index contributed by atoms with van der Waals surface area (Å²) < 4.78 is 28.7. The van der Waals surface area contributed by atoms with Gasteiger partial charge in [0.2, 0.25) is 0 Å². The minimum absolute atomic E-state index is 0.0582. The summed E-state index contributed by atoms with van der Waals surface area (Å²) in [5.74, 6) is -1.09. The fourth-order valence-electron chi connectivity index (χ4n) is 2.53. The monoisotopic (exact) mass is 433 g/mol. The van der Waals surface area contributed by atoms with E-state index in [4.69, 9.17) is 22.8 Å². The van der Waals surface area contributed by atoms with Gasteiger partial charge in [0.25, 0.3) is 0 Å². The number of aryl methyl sites for hydroxylation is 1. The average molecular weight is 434 g/mol. The molecule has 168 valence electrons. The number of carboxylic acid groups (broad SMARTS) is 1. The van der Waals surface area contributed by atoms with Gasteiger partial charge in [0.05, 0.1) is 38.7 Å². The van der Waals surface area contributed by atoms with Crippen LogP contribution in [-0.4, -0.2) is 90.6 Å². The van der Waals surface area contributed by atoms with E-state index in [2.05, 4.69) is 15.6 Å². The Morgan fingerprint density at radius 2 is 1.79 bits per heavy atom. The van der Waals surface area contributed by atoms with E-state index in [0.29, 0.717) is 45.1 Å². The molecular weight excluding hydrogens is 400 g/mol. The van der Waals surface area contributed by atoms with Gasteiger partial charge in [-0.1, -0.05) is 5.21 Å². The molecule has 1 aromatic heterocycles. The average Bonchev–Trinajstić information content (AvgIpc) is 3.18. The van der Waals surface area contributed by atoms with Crippen LogP contribution in [0, 0.1) is 0 Å². The molecular formula is C17H33N4O7Si-. The number of rotatable bonds is 19. The van der Waals surface area contributed by atoms with Crippen LogP contribution in [0.4, 0.5) is 0 Å².